The number of nitrogens with one attached hydrogen (secondary N) is 1. The fourth-order valence-electron chi connectivity index (χ4n) is 1.69. The van der Waals surface area contributed by atoms with Gasteiger partial charge in [0.15, 0.2) is 0 Å². The summed E-state index contributed by atoms with van der Waals surface area (Å²) in [6.45, 7) is 2.51. The zero-order chi connectivity index (χ0) is 13.0. The van der Waals surface area contributed by atoms with E-state index in [0.717, 1.165) is 16.8 Å². The van der Waals surface area contributed by atoms with Crippen molar-refractivity contribution in [3.8, 4) is 0 Å². The van der Waals surface area contributed by atoms with Gasteiger partial charge in [0.25, 0.3) is 0 Å². The van der Waals surface area contributed by atoms with Gasteiger partial charge in [-0.25, -0.2) is 0 Å². The highest BCUT2D eigenvalue weighted by atomic mass is 16.4. The molecular weight excluding hydrogens is 228 g/mol. The Kier molecular flexibility index (Phi) is 3.57. The van der Waals surface area contributed by atoms with E-state index in [4.69, 9.17) is 0 Å². The molecule has 0 atom stereocenters. The fraction of sp³-hybridized carbons (Fsp3) is 0.143. The summed E-state index contributed by atoms with van der Waals surface area (Å²) < 4.78 is 0. The third kappa shape index (κ3) is 2.85. The molecule has 0 saturated heterocycles. The van der Waals surface area contributed by atoms with E-state index < -0.39 is 5.97 Å². The number of carbonyl (C=O) groups is 1. The summed E-state index contributed by atoms with van der Waals surface area (Å²) in [6.07, 6.45) is 3.52. The molecule has 2 rings (SSSR count). The Morgan fingerprint density at radius 2 is 2.22 bits per heavy atom. The Bertz CT molecular complexity index is 553. The highest BCUT2D eigenvalue weighted by Gasteiger charge is 2.01. The minimum Gasteiger partial charge on any atom is -0.545 e. The first-order chi connectivity index (χ1) is 8.66. The maximum atomic E-state index is 10.7. The first-order valence-corrected chi connectivity index (χ1v) is 5.61. The number of carboxylic acid groups (broad SMARTS) is 1. The van der Waals surface area contributed by atoms with Crippen LogP contribution >= 0.6 is 0 Å². The summed E-state index contributed by atoms with van der Waals surface area (Å²) >= 11 is 0. The van der Waals surface area contributed by atoms with Crippen LogP contribution in [0.5, 0.6) is 0 Å². The molecule has 92 valence electrons. The quantitative estimate of drug-likeness (QED) is 0.878. The van der Waals surface area contributed by atoms with Crippen molar-refractivity contribution in [1.82, 2.24) is 4.98 Å². The van der Waals surface area contributed by atoms with Crippen LogP contribution < -0.4 is 10.4 Å². The average Bonchev–Trinajstić information content (AvgIpc) is 2.38. The van der Waals surface area contributed by atoms with Crippen LogP contribution in [0.2, 0.25) is 0 Å². The van der Waals surface area contributed by atoms with Crippen LogP contribution in [0.1, 0.15) is 21.5 Å². The second-order valence-corrected chi connectivity index (χ2v) is 4.03. The maximum Gasteiger partial charge on any atom is 0.0715 e. The zero-order valence-electron chi connectivity index (χ0n) is 10.0. The van der Waals surface area contributed by atoms with Gasteiger partial charge in [-0.1, -0.05) is 12.1 Å². The van der Waals surface area contributed by atoms with Crippen LogP contribution in [0.4, 0.5) is 5.69 Å². The number of nitrogens with zero attached hydrogens (tertiary/aromatic N) is 1. The Balaban J connectivity index is 2.08. The first-order valence-electron chi connectivity index (χ1n) is 5.61. The van der Waals surface area contributed by atoms with Crippen molar-refractivity contribution in [1.29, 1.82) is 0 Å². The van der Waals surface area contributed by atoms with Crippen LogP contribution in [0.15, 0.2) is 42.7 Å². The second-order valence-electron chi connectivity index (χ2n) is 4.03. The van der Waals surface area contributed by atoms with Gasteiger partial charge in [0.05, 0.1) is 5.97 Å². The minimum atomic E-state index is -1.16. The molecule has 0 aliphatic rings. The number of rotatable bonds is 4. The third-order valence-corrected chi connectivity index (χ3v) is 2.67. The van der Waals surface area contributed by atoms with Gasteiger partial charge in [-0.15, -0.1) is 0 Å². The molecule has 2 aromatic rings. The second kappa shape index (κ2) is 5.31. The van der Waals surface area contributed by atoms with Crippen molar-refractivity contribution in [3.05, 3.63) is 59.4 Å². The molecule has 0 radical (unpaired) electrons. The number of aromatic nitrogens is 1. The number of aromatic carboxylic acids is 1. The number of hydrogen-bond donors (Lipinski definition) is 1. The van der Waals surface area contributed by atoms with Crippen molar-refractivity contribution in [2.24, 2.45) is 0 Å². The van der Waals surface area contributed by atoms with Crippen molar-refractivity contribution in [2.75, 3.05) is 5.32 Å². The van der Waals surface area contributed by atoms with E-state index in [1.54, 1.807) is 24.5 Å². The lowest BCUT2D eigenvalue weighted by Gasteiger charge is -2.11. The Hall–Kier alpha value is -2.36. The number of hydrogen-bond acceptors (Lipinski definition) is 4. The molecule has 1 heterocycles. The molecule has 4 nitrogen and oxygen atoms in total. The van der Waals surface area contributed by atoms with E-state index in [-0.39, 0.29) is 5.56 Å². The molecule has 0 fully saturated rings. The molecule has 0 spiro atoms. The summed E-state index contributed by atoms with van der Waals surface area (Å²) in [5, 5.41) is 13.9. The highest BCUT2D eigenvalue weighted by Crippen LogP contribution is 2.17. The van der Waals surface area contributed by atoms with Crippen molar-refractivity contribution in [3.63, 3.8) is 0 Å². The van der Waals surface area contributed by atoms with Gasteiger partial charge in [0, 0.05) is 24.6 Å². The Morgan fingerprint density at radius 1 is 1.39 bits per heavy atom. The van der Waals surface area contributed by atoms with Gasteiger partial charge >= 0.3 is 0 Å². The first kappa shape index (κ1) is 12.1. The summed E-state index contributed by atoms with van der Waals surface area (Å²) in [5.74, 6) is -1.16. The molecular formula is C14H13N2O2-. The van der Waals surface area contributed by atoms with Gasteiger partial charge in [-0.2, -0.15) is 0 Å². The molecule has 0 aliphatic heterocycles. The minimum absolute atomic E-state index is 0.194. The number of anilines is 1. The lowest BCUT2D eigenvalue weighted by Crippen LogP contribution is -2.22. The molecule has 18 heavy (non-hydrogen) atoms. The number of aryl methyl sites for hydroxylation is 1. The normalized spacial score (nSPS) is 10.1. The van der Waals surface area contributed by atoms with Gasteiger partial charge in [0.2, 0.25) is 0 Å². The molecule has 1 aromatic carbocycles. The van der Waals surface area contributed by atoms with Crippen LogP contribution in [0, 0.1) is 6.92 Å². The van der Waals surface area contributed by atoms with E-state index in [0.29, 0.717) is 6.54 Å². The third-order valence-electron chi connectivity index (χ3n) is 2.67. The van der Waals surface area contributed by atoms with E-state index in [1.807, 2.05) is 19.1 Å². The number of benzene rings is 1. The van der Waals surface area contributed by atoms with Gasteiger partial charge in [0.1, 0.15) is 0 Å². The number of pyridine rings is 1. The molecule has 1 N–H and O–H groups in total. The molecule has 0 amide bonds. The van der Waals surface area contributed by atoms with Gasteiger partial charge in [-0.3, -0.25) is 4.98 Å². The van der Waals surface area contributed by atoms with E-state index in [1.165, 1.54) is 6.07 Å². The SMILES string of the molecule is Cc1cc(C(=O)[O-])ccc1NCc1cccnc1. The lowest BCUT2D eigenvalue weighted by atomic mass is 10.1. The summed E-state index contributed by atoms with van der Waals surface area (Å²) in [6, 6.07) is 8.74. The molecule has 1 aromatic heterocycles. The topological polar surface area (TPSA) is 65.0 Å². The zero-order valence-corrected chi connectivity index (χ0v) is 10.0. The van der Waals surface area contributed by atoms with Crippen LogP contribution in [0.25, 0.3) is 0 Å². The largest absolute Gasteiger partial charge is 0.545 e. The van der Waals surface area contributed by atoms with Crippen molar-refractivity contribution < 1.29 is 9.90 Å². The molecule has 0 saturated carbocycles. The highest BCUT2D eigenvalue weighted by molar-refractivity contribution is 5.86. The monoisotopic (exact) mass is 241 g/mol. The van der Waals surface area contributed by atoms with Gasteiger partial charge < -0.3 is 15.2 Å². The molecule has 0 bridgehead atoms. The van der Waals surface area contributed by atoms with Crippen molar-refractivity contribution in [2.45, 2.75) is 13.5 Å². The average molecular weight is 241 g/mol. The summed E-state index contributed by atoms with van der Waals surface area (Å²) in [5.41, 5.74) is 3.05. The molecule has 0 unspecified atom stereocenters. The lowest BCUT2D eigenvalue weighted by molar-refractivity contribution is -0.255. The maximum absolute atomic E-state index is 10.7. The number of carbonyl (C=O) groups excluding carboxylic acids is 1. The predicted molar refractivity (Wildman–Crippen MR) is 67.1 cm³/mol. The Morgan fingerprint density at radius 3 is 2.83 bits per heavy atom. The molecule has 4 heteroatoms. The standard InChI is InChI=1S/C14H14N2O2/c1-10-7-12(14(17)18)4-5-13(10)16-9-11-3-2-6-15-8-11/h2-8,16H,9H2,1H3,(H,17,18)/p-1. The smallest absolute Gasteiger partial charge is 0.0715 e. The van der Waals surface area contributed by atoms with E-state index in [2.05, 4.69) is 10.3 Å². The van der Waals surface area contributed by atoms with Gasteiger partial charge in [-0.05, 0) is 41.8 Å². The fourth-order valence-corrected chi connectivity index (χ4v) is 1.69. The van der Waals surface area contributed by atoms with Crippen LogP contribution in [-0.4, -0.2) is 11.0 Å². The van der Waals surface area contributed by atoms with Crippen molar-refractivity contribution >= 4 is 11.7 Å². The number of carboxylic acids is 1. The Labute approximate surface area is 105 Å². The van der Waals surface area contributed by atoms with Crippen LogP contribution in [0.3, 0.4) is 0 Å². The summed E-state index contributed by atoms with van der Waals surface area (Å²) in [7, 11) is 0. The van der Waals surface area contributed by atoms with E-state index in [9.17, 15) is 9.90 Å². The summed E-state index contributed by atoms with van der Waals surface area (Å²) in [4.78, 5) is 14.7. The predicted octanol–water partition coefficient (Wildman–Crippen LogP) is 1.37. The molecule has 0 aliphatic carbocycles. The van der Waals surface area contributed by atoms with E-state index >= 15 is 0 Å². The van der Waals surface area contributed by atoms with Crippen LogP contribution in [-0.2, 0) is 6.54 Å².